The minimum atomic E-state index is -3.83. The third kappa shape index (κ3) is 4.20. The van der Waals surface area contributed by atoms with Crippen LogP contribution in [0.25, 0.3) is 6.08 Å². The number of ether oxygens (including phenoxy) is 1. The highest BCUT2D eigenvalue weighted by atomic mass is 32.2. The third-order valence-corrected chi connectivity index (χ3v) is 6.45. The van der Waals surface area contributed by atoms with Crippen molar-refractivity contribution in [2.45, 2.75) is 24.0 Å². The van der Waals surface area contributed by atoms with E-state index in [1.807, 2.05) is 43.3 Å². The predicted octanol–water partition coefficient (Wildman–Crippen LogP) is 4.27. The SMILES string of the molecule is Cc1ccc(S(=O)(=O)N[C@@H]2c3ccccc3C=C[C@H]2OC(=O)c2ccccc2)cc1. The number of hydrogen-bond acceptors (Lipinski definition) is 4. The van der Waals surface area contributed by atoms with E-state index in [9.17, 15) is 13.2 Å². The summed E-state index contributed by atoms with van der Waals surface area (Å²) in [5.41, 5.74) is 3.00. The van der Waals surface area contributed by atoms with Crippen molar-refractivity contribution >= 4 is 22.1 Å². The molecule has 4 rings (SSSR count). The zero-order valence-electron chi connectivity index (χ0n) is 16.4. The Balaban J connectivity index is 1.66. The molecule has 0 saturated carbocycles. The summed E-state index contributed by atoms with van der Waals surface area (Å²) in [6.45, 7) is 1.89. The number of carbonyl (C=O) groups is 1. The van der Waals surface area contributed by atoms with Gasteiger partial charge in [-0.2, -0.15) is 4.72 Å². The summed E-state index contributed by atoms with van der Waals surface area (Å²) < 4.78 is 34.5. The normalized spacial score (nSPS) is 17.9. The number of rotatable bonds is 5. The summed E-state index contributed by atoms with van der Waals surface area (Å²) in [6.07, 6.45) is 2.77. The van der Waals surface area contributed by atoms with Crippen LogP contribution in [-0.2, 0) is 14.8 Å². The fourth-order valence-corrected chi connectivity index (χ4v) is 4.61. The number of aryl methyl sites for hydroxylation is 1. The maximum atomic E-state index is 13.0. The molecule has 2 atom stereocenters. The predicted molar refractivity (Wildman–Crippen MR) is 115 cm³/mol. The first-order valence-electron chi connectivity index (χ1n) is 9.56. The van der Waals surface area contributed by atoms with Crippen molar-refractivity contribution in [2.75, 3.05) is 0 Å². The van der Waals surface area contributed by atoms with E-state index in [1.54, 1.807) is 54.6 Å². The van der Waals surface area contributed by atoms with Gasteiger partial charge in [0.2, 0.25) is 10.0 Å². The number of sulfonamides is 1. The smallest absolute Gasteiger partial charge is 0.338 e. The summed E-state index contributed by atoms with van der Waals surface area (Å²) in [4.78, 5) is 12.8. The lowest BCUT2D eigenvalue weighted by Crippen LogP contribution is -2.39. The van der Waals surface area contributed by atoms with E-state index >= 15 is 0 Å². The second-order valence-corrected chi connectivity index (χ2v) is 8.85. The summed E-state index contributed by atoms with van der Waals surface area (Å²) in [7, 11) is -3.83. The number of fused-ring (bicyclic) bond motifs is 1. The highest BCUT2D eigenvalue weighted by molar-refractivity contribution is 7.89. The van der Waals surface area contributed by atoms with Crippen molar-refractivity contribution in [3.63, 3.8) is 0 Å². The molecule has 0 spiro atoms. The molecule has 0 aliphatic heterocycles. The maximum Gasteiger partial charge on any atom is 0.338 e. The number of carbonyl (C=O) groups excluding carboxylic acids is 1. The van der Waals surface area contributed by atoms with Crippen molar-refractivity contribution in [1.82, 2.24) is 4.72 Å². The van der Waals surface area contributed by atoms with Gasteiger partial charge in [0.05, 0.1) is 16.5 Å². The lowest BCUT2D eigenvalue weighted by atomic mass is 9.91. The van der Waals surface area contributed by atoms with Gasteiger partial charge < -0.3 is 4.74 Å². The van der Waals surface area contributed by atoms with Gasteiger partial charge in [0.25, 0.3) is 0 Å². The van der Waals surface area contributed by atoms with Crippen LogP contribution in [0.1, 0.15) is 33.1 Å². The van der Waals surface area contributed by atoms with E-state index in [2.05, 4.69) is 4.72 Å². The van der Waals surface area contributed by atoms with Crippen LogP contribution in [0.15, 0.2) is 89.8 Å². The van der Waals surface area contributed by atoms with Gasteiger partial charge in [-0.3, -0.25) is 0 Å². The Morgan fingerprint density at radius 1 is 0.900 bits per heavy atom. The highest BCUT2D eigenvalue weighted by Gasteiger charge is 2.33. The van der Waals surface area contributed by atoms with Crippen molar-refractivity contribution in [2.24, 2.45) is 0 Å². The Hall–Kier alpha value is -3.22. The fourth-order valence-electron chi connectivity index (χ4n) is 3.39. The molecule has 0 unspecified atom stereocenters. The van der Waals surface area contributed by atoms with E-state index in [0.29, 0.717) is 5.56 Å². The van der Waals surface area contributed by atoms with Crippen LogP contribution in [0.3, 0.4) is 0 Å². The van der Waals surface area contributed by atoms with Gasteiger partial charge >= 0.3 is 5.97 Å². The zero-order valence-corrected chi connectivity index (χ0v) is 17.2. The molecule has 0 fully saturated rings. The van der Waals surface area contributed by atoms with Gasteiger partial charge in [0, 0.05) is 0 Å². The molecule has 0 bridgehead atoms. The monoisotopic (exact) mass is 419 g/mol. The van der Waals surface area contributed by atoms with Crippen LogP contribution in [0.2, 0.25) is 0 Å². The fraction of sp³-hybridized carbons (Fsp3) is 0.125. The number of esters is 1. The van der Waals surface area contributed by atoms with Gasteiger partial charge in [-0.25, -0.2) is 13.2 Å². The van der Waals surface area contributed by atoms with Gasteiger partial charge in [-0.05, 0) is 48.4 Å². The second-order valence-electron chi connectivity index (χ2n) is 7.14. The van der Waals surface area contributed by atoms with E-state index in [0.717, 1.165) is 16.7 Å². The molecule has 1 aliphatic rings. The third-order valence-electron chi connectivity index (χ3n) is 4.99. The summed E-state index contributed by atoms with van der Waals surface area (Å²) >= 11 is 0. The number of hydrogen-bond donors (Lipinski definition) is 1. The quantitative estimate of drug-likeness (QED) is 0.627. The van der Waals surface area contributed by atoms with Crippen LogP contribution in [0.4, 0.5) is 0 Å². The van der Waals surface area contributed by atoms with E-state index in [-0.39, 0.29) is 4.90 Å². The Labute approximate surface area is 176 Å². The standard InChI is InChI=1S/C24H21NO4S/c1-17-11-14-20(15-12-17)30(27,28)25-23-21-10-6-5-7-18(21)13-16-22(23)29-24(26)19-8-3-2-4-9-19/h2-16,22-23,25H,1H3/t22-,23-/m1/s1. The van der Waals surface area contributed by atoms with Crippen molar-refractivity contribution in [3.05, 3.63) is 107 Å². The van der Waals surface area contributed by atoms with Crippen molar-refractivity contribution in [3.8, 4) is 0 Å². The molecular formula is C24H21NO4S. The number of benzene rings is 3. The molecule has 0 heterocycles. The number of nitrogens with one attached hydrogen (secondary N) is 1. The van der Waals surface area contributed by atoms with E-state index < -0.39 is 28.1 Å². The Bertz CT molecular complexity index is 1190. The molecular weight excluding hydrogens is 398 g/mol. The van der Waals surface area contributed by atoms with Gasteiger partial charge in [-0.1, -0.05) is 66.2 Å². The minimum absolute atomic E-state index is 0.160. The van der Waals surface area contributed by atoms with Crippen molar-refractivity contribution in [1.29, 1.82) is 0 Å². The summed E-state index contributed by atoms with van der Waals surface area (Å²) in [6, 6.07) is 22.0. The van der Waals surface area contributed by atoms with Gasteiger partial charge in [0.1, 0.15) is 6.10 Å². The zero-order chi connectivity index (χ0) is 21.1. The Morgan fingerprint density at radius 2 is 1.57 bits per heavy atom. The minimum Gasteiger partial charge on any atom is -0.452 e. The average Bonchev–Trinajstić information content (AvgIpc) is 2.76. The Morgan fingerprint density at radius 3 is 2.30 bits per heavy atom. The van der Waals surface area contributed by atoms with Crippen molar-refractivity contribution < 1.29 is 17.9 Å². The molecule has 30 heavy (non-hydrogen) atoms. The summed E-state index contributed by atoms with van der Waals surface area (Å²) in [5, 5.41) is 0. The van der Waals surface area contributed by atoms with Crippen LogP contribution in [0, 0.1) is 6.92 Å². The first kappa shape index (κ1) is 20.1. The highest BCUT2D eigenvalue weighted by Crippen LogP contribution is 2.32. The first-order valence-corrected chi connectivity index (χ1v) is 11.0. The first-order chi connectivity index (χ1) is 14.4. The second kappa shape index (κ2) is 8.26. The van der Waals surface area contributed by atoms with Gasteiger partial charge in [0.15, 0.2) is 0 Å². The molecule has 1 N–H and O–H groups in total. The van der Waals surface area contributed by atoms with Crippen LogP contribution < -0.4 is 4.72 Å². The Kier molecular flexibility index (Phi) is 5.53. The van der Waals surface area contributed by atoms with Crippen LogP contribution in [0.5, 0.6) is 0 Å². The molecule has 0 amide bonds. The van der Waals surface area contributed by atoms with Crippen LogP contribution >= 0.6 is 0 Å². The topological polar surface area (TPSA) is 72.5 Å². The molecule has 5 nitrogen and oxygen atoms in total. The van der Waals surface area contributed by atoms with E-state index in [4.69, 9.17) is 4.74 Å². The molecule has 3 aromatic rings. The molecule has 6 heteroatoms. The lowest BCUT2D eigenvalue weighted by Gasteiger charge is -2.30. The van der Waals surface area contributed by atoms with Crippen LogP contribution in [-0.4, -0.2) is 20.5 Å². The lowest BCUT2D eigenvalue weighted by molar-refractivity contribution is 0.0333. The average molecular weight is 420 g/mol. The molecule has 3 aromatic carbocycles. The van der Waals surface area contributed by atoms with Gasteiger partial charge in [-0.15, -0.1) is 0 Å². The molecule has 0 radical (unpaired) electrons. The van der Waals surface area contributed by atoms with E-state index in [1.165, 1.54) is 0 Å². The largest absolute Gasteiger partial charge is 0.452 e. The summed E-state index contributed by atoms with van der Waals surface area (Å²) in [5.74, 6) is -0.510. The molecule has 152 valence electrons. The maximum absolute atomic E-state index is 13.0. The molecule has 0 saturated heterocycles. The molecule has 0 aromatic heterocycles. The molecule has 1 aliphatic carbocycles.